The fraction of sp³-hybridized carbons (Fsp3) is 0.833. The number of methoxy groups -OCH3 is 1. The molecule has 0 heterocycles. The smallest absolute Gasteiger partial charge is 0.0694 e. The molecule has 1 atom stereocenters. The highest BCUT2D eigenvalue weighted by Gasteiger charge is 2.38. The first-order chi connectivity index (χ1) is 7.26. The molecule has 1 unspecified atom stereocenters. The predicted octanol–water partition coefficient (Wildman–Crippen LogP) is 1.58. The highest BCUT2D eigenvalue weighted by Crippen LogP contribution is 2.39. The van der Waals surface area contributed by atoms with Crippen LogP contribution in [0.2, 0.25) is 0 Å². The molecule has 0 amide bonds. The zero-order valence-electron chi connectivity index (χ0n) is 9.81. The molecule has 0 spiro atoms. The third-order valence-corrected chi connectivity index (χ3v) is 3.35. The van der Waals surface area contributed by atoms with E-state index in [1.807, 2.05) is 6.92 Å². The van der Waals surface area contributed by atoms with E-state index in [0.29, 0.717) is 6.04 Å². The molecule has 3 nitrogen and oxygen atoms in total. The van der Waals surface area contributed by atoms with Gasteiger partial charge >= 0.3 is 0 Å². The van der Waals surface area contributed by atoms with E-state index in [0.717, 1.165) is 19.3 Å². The van der Waals surface area contributed by atoms with Crippen molar-refractivity contribution in [2.75, 3.05) is 7.11 Å². The Hall–Kier alpha value is -0.560. The maximum atomic E-state index is 5.58. The number of rotatable bonds is 6. The fourth-order valence-corrected chi connectivity index (χ4v) is 2.13. The molecular formula is C12H22N2O. The van der Waals surface area contributed by atoms with Gasteiger partial charge in [-0.05, 0) is 39.0 Å². The summed E-state index contributed by atoms with van der Waals surface area (Å²) in [4.78, 5) is 0. The molecule has 0 bridgehead atoms. The number of hydrogen-bond donors (Lipinski definition) is 2. The predicted molar refractivity (Wildman–Crippen MR) is 62.0 cm³/mol. The Balaban J connectivity index is 2.33. The van der Waals surface area contributed by atoms with Crippen molar-refractivity contribution >= 4 is 0 Å². The summed E-state index contributed by atoms with van der Waals surface area (Å²) in [6.07, 6.45) is 6.53. The maximum absolute atomic E-state index is 5.58. The van der Waals surface area contributed by atoms with E-state index in [1.165, 1.54) is 19.3 Å². The van der Waals surface area contributed by atoms with Crippen molar-refractivity contribution < 1.29 is 4.74 Å². The number of hydrazine groups is 1. The number of hydrogen-bond acceptors (Lipinski definition) is 3. The fourth-order valence-electron chi connectivity index (χ4n) is 2.13. The van der Waals surface area contributed by atoms with Crippen LogP contribution >= 0.6 is 0 Å². The molecule has 1 saturated carbocycles. The van der Waals surface area contributed by atoms with Crippen LogP contribution in [0.1, 0.15) is 45.4 Å². The molecule has 0 aromatic carbocycles. The number of nitrogens with one attached hydrogen (secondary N) is 1. The zero-order chi connectivity index (χ0) is 11.1. The topological polar surface area (TPSA) is 47.3 Å². The third-order valence-electron chi connectivity index (χ3n) is 3.35. The van der Waals surface area contributed by atoms with Crippen molar-refractivity contribution in [1.82, 2.24) is 5.43 Å². The lowest BCUT2D eigenvalue weighted by Crippen LogP contribution is -2.47. The second-order valence-electron chi connectivity index (χ2n) is 4.27. The van der Waals surface area contributed by atoms with Crippen LogP contribution in [0.5, 0.6) is 0 Å². The molecule has 0 aromatic rings. The molecule has 1 fully saturated rings. The van der Waals surface area contributed by atoms with Gasteiger partial charge in [0.05, 0.1) is 5.60 Å². The van der Waals surface area contributed by atoms with Gasteiger partial charge in [-0.15, -0.1) is 11.8 Å². The molecule has 1 rings (SSSR count). The molecule has 0 aromatic heterocycles. The van der Waals surface area contributed by atoms with Crippen LogP contribution in [0, 0.1) is 11.8 Å². The van der Waals surface area contributed by atoms with Crippen LogP contribution < -0.4 is 11.3 Å². The highest BCUT2D eigenvalue weighted by molar-refractivity contribution is 4.97. The second kappa shape index (κ2) is 6.12. The first-order valence-electron chi connectivity index (χ1n) is 5.67. The SMILES string of the molecule is CC#CCCC(CC1(OC)CCC1)NN. The van der Waals surface area contributed by atoms with Crippen molar-refractivity contribution in [2.45, 2.75) is 57.1 Å². The Morgan fingerprint density at radius 1 is 1.53 bits per heavy atom. The van der Waals surface area contributed by atoms with Gasteiger partial charge in [-0.3, -0.25) is 11.3 Å². The van der Waals surface area contributed by atoms with Gasteiger partial charge in [0.15, 0.2) is 0 Å². The molecule has 15 heavy (non-hydrogen) atoms. The third kappa shape index (κ3) is 3.49. The Morgan fingerprint density at radius 3 is 2.67 bits per heavy atom. The Morgan fingerprint density at radius 2 is 2.27 bits per heavy atom. The summed E-state index contributed by atoms with van der Waals surface area (Å²) in [5.74, 6) is 11.5. The minimum Gasteiger partial charge on any atom is -0.378 e. The zero-order valence-corrected chi connectivity index (χ0v) is 9.81. The summed E-state index contributed by atoms with van der Waals surface area (Å²) in [7, 11) is 1.80. The average molecular weight is 210 g/mol. The highest BCUT2D eigenvalue weighted by atomic mass is 16.5. The molecule has 0 aliphatic heterocycles. The molecule has 0 saturated heterocycles. The summed E-state index contributed by atoms with van der Waals surface area (Å²) < 4.78 is 5.58. The molecule has 86 valence electrons. The largest absolute Gasteiger partial charge is 0.378 e. The number of ether oxygens (including phenoxy) is 1. The van der Waals surface area contributed by atoms with E-state index >= 15 is 0 Å². The summed E-state index contributed by atoms with van der Waals surface area (Å²) in [5, 5.41) is 0. The van der Waals surface area contributed by atoms with Crippen molar-refractivity contribution in [3.8, 4) is 11.8 Å². The van der Waals surface area contributed by atoms with Crippen LogP contribution in [0.4, 0.5) is 0 Å². The van der Waals surface area contributed by atoms with Crippen molar-refractivity contribution in [2.24, 2.45) is 5.84 Å². The summed E-state index contributed by atoms with van der Waals surface area (Å²) in [6.45, 7) is 1.87. The lowest BCUT2D eigenvalue weighted by Gasteiger charge is -2.42. The average Bonchev–Trinajstić information content (AvgIpc) is 2.21. The van der Waals surface area contributed by atoms with Gasteiger partial charge in [-0.1, -0.05) is 0 Å². The van der Waals surface area contributed by atoms with E-state index in [9.17, 15) is 0 Å². The molecule has 0 radical (unpaired) electrons. The van der Waals surface area contributed by atoms with Gasteiger partial charge in [0.25, 0.3) is 0 Å². The van der Waals surface area contributed by atoms with Gasteiger partial charge in [-0.2, -0.15) is 0 Å². The van der Waals surface area contributed by atoms with Crippen molar-refractivity contribution in [3.63, 3.8) is 0 Å². The standard InChI is InChI=1S/C12H22N2O/c1-3-4-5-7-11(14-13)10-12(15-2)8-6-9-12/h11,14H,5-10,13H2,1-2H3. The Labute approximate surface area is 92.7 Å². The maximum Gasteiger partial charge on any atom is 0.0694 e. The second-order valence-corrected chi connectivity index (χ2v) is 4.27. The first kappa shape index (κ1) is 12.5. The molecule has 1 aliphatic rings. The minimum absolute atomic E-state index is 0.0939. The van der Waals surface area contributed by atoms with Crippen molar-refractivity contribution in [1.29, 1.82) is 0 Å². The van der Waals surface area contributed by atoms with Crippen LogP contribution in [-0.2, 0) is 4.74 Å². The van der Waals surface area contributed by atoms with Crippen molar-refractivity contribution in [3.05, 3.63) is 0 Å². The van der Waals surface area contributed by atoms with Gasteiger partial charge in [0.1, 0.15) is 0 Å². The quantitative estimate of drug-likeness (QED) is 0.397. The summed E-state index contributed by atoms with van der Waals surface area (Å²) in [5.41, 5.74) is 2.97. The van der Waals surface area contributed by atoms with Gasteiger partial charge in [0.2, 0.25) is 0 Å². The Bertz CT molecular complexity index is 232. The van der Waals surface area contributed by atoms with Gasteiger partial charge in [-0.25, -0.2) is 0 Å². The van der Waals surface area contributed by atoms with E-state index in [4.69, 9.17) is 10.6 Å². The van der Waals surface area contributed by atoms with E-state index in [2.05, 4.69) is 17.3 Å². The Kier molecular flexibility index (Phi) is 5.10. The lowest BCUT2D eigenvalue weighted by atomic mass is 9.75. The van der Waals surface area contributed by atoms with Gasteiger partial charge in [0, 0.05) is 19.6 Å². The molecular weight excluding hydrogens is 188 g/mol. The lowest BCUT2D eigenvalue weighted by molar-refractivity contribution is -0.0838. The van der Waals surface area contributed by atoms with E-state index in [-0.39, 0.29) is 5.60 Å². The molecule has 3 heteroatoms. The summed E-state index contributed by atoms with van der Waals surface area (Å²) in [6, 6.07) is 0.325. The van der Waals surface area contributed by atoms with Crippen LogP contribution in [-0.4, -0.2) is 18.8 Å². The minimum atomic E-state index is 0.0939. The van der Waals surface area contributed by atoms with E-state index in [1.54, 1.807) is 7.11 Å². The molecule has 3 N–H and O–H groups in total. The van der Waals surface area contributed by atoms with Gasteiger partial charge < -0.3 is 4.74 Å². The summed E-state index contributed by atoms with van der Waals surface area (Å²) >= 11 is 0. The van der Waals surface area contributed by atoms with Crippen LogP contribution in [0.25, 0.3) is 0 Å². The number of nitrogens with two attached hydrogens (primary N) is 1. The van der Waals surface area contributed by atoms with Crippen LogP contribution in [0.15, 0.2) is 0 Å². The normalized spacial score (nSPS) is 19.9. The van der Waals surface area contributed by atoms with Crippen LogP contribution in [0.3, 0.4) is 0 Å². The monoisotopic (exact) mass is 210 g/mol. The molecule has 1 aliphatic carbocycles. The van der Waals surface area contributed by atoms with E-state index < -0.39 is 0 Å². The first-order valence-corrected chi connectivity index (χ1v) is 5.67.